The number of carbonyl (C=O) groups excluding carboxylic acids is 1. The molecule has 156 valence electrons. The minimum absolute atomic E-state index is 0.0173. The molecule has 0 fully saturated rings. The Hall–Kier alpha value is -3.06. The number of nitrogens with zero attached hydrogens (tertiary/aromatic N) is 1. The lowest BCUT2D eigenvalue weighted by molar-refractivity contribution is 0.0697. The van der Waals surface area contributed by atoms with Crippen molar-refractivity contribution in [1.82, 2.24) is 15.5 Å². The third-order valence-corrected chi connectivity index (χ3v) is 4.37. The lowest BCUT2D eigenvalue weighted by Crippen LogP contribution is -2.40. The summed E-state index contributed by atoms with van der Waals surface area (Å²) < 4.78 is 5.68. The molecule has 0 saturated heterocycles. The van der Waals surface area contributed by atoms with Gasteiger partial charge in [0.25, 0.3) is 0 Å². The number of urea groups is 1. The van der Waals surface area contributed by atoms with Gasteiger partial charge in [0.1, 0.15) is 5.75 Å². The average molecular weight is 399 g/mol. The Kier molecular flexibility index (Phi) is 8.03. The monoisotopic (exact) mass is 399 g/mol. The number of hydrogen-bond acceptors (Lipinski definition) is 4. The first-order chi connectivity index (χ1) is 13.8. The highest BCUT2D eigenvalue weighted by atomic mass is 16.5. The van der Waals surface area contributed by atoms with Gasteiger partial charge < -0.3 is 25.4 Å². The molecule has 0 bridgehead atoms. The molecule has 0 heterocycles. The summed E-state index contributed by atoms with van der Waals surface area (Å²) in [4.78, 5) is 25.1. The maximum absolute atomic E-state index is 12.2. The minimum atomic E-state index is -0.971. The molecule has 0 spiro atoms. The smallest absolute Gasteiger partial charge is 0.335 e. The molecule has 0 aromatic heterocycles. The van der Waals surface area contributed by atoms with Crippen LogP contribution in [0.4, 0.5) is 4.79 Å². The molecular weight excluding hydrogens is 370 g/mol. The number of amides is 2. The molecule has 2 aromatic carbocycles. The molecule has 7 heteroatoms. The minimum Gasteiger partial charge on any atom is -0.491 e. The van der Waals surface area contributed by atoms with E-state index in [2.05, 4.69) is 10.6 Å². The van der Waals surface area contributed by atoms with Crippen LogP contribution in [0.5, 0.6) is 5.75 Å². The molecule has 3 N–H and O–H groups in total. The fourth-order valence-electron chi connectivity index (χ4n) is 2.84. The standard InChI is InChI=1S/C22H29N3O4/c1-15(2)29-19-11-9-17(10-12-19)20(25(3)4)14-24-22(28)23-13-16-5-7-18(8-6-16)21(26)27/h5-12,15,20H,13-14H2,1-4H3,(H,26,27)(H2,23,24,28). The first-order valence-electron chi connectivity index (χ1n) is 9.53. The summed E-state index contributed by atoms with van der Waals surface area (Å²) in [6.45, 7) is 4.74. The summed E-state index contributed by atoms with van der Waals surface area (Å²) in [6, 6.07) is 14.0. The van der Waals surface area contributed by atoms with Crippen molar-refractivity contribution in [2.24, 2.45) is 0 Å². The molecule has 2 amide bonds. The second-order valence-electron chi connectivity index (χ2n) is 7.28. The highest BCUT2D eigenvalue weighted by Crippen LogP contribution is 2.21. The van der Waals surface area contributed by atoms with Gasteiger partial charge in [-0.15, -0.1) is 0 Å². The van der Waals surface area contributed by atoms with Crippen molar-refractivity contribution >= 4 is 12.0 Å². The Labute approximate surface area is 171 Å². The van der Waals surface area contributed by atoms with Crippen LogP contribution in [0.2, 0.25) is 0 Å². The summed E-state index contributed by atoms with van der Waals surface area (Å²) >= 11 is 0. The maximum atomic E-state index is 12.2. The molecule has 0 aliphatic heterocycles. The number of likely N-dealkylation sites (N-methyl/N-ethyl adjacent to an activating group) is 1. The number of nitrogens with one attached hydrogen (secondary N) is 2. The van der Waals surface area contributed by atoms with E-state index in [9.17, 15) is 9.59 Å². The van der Waals surface area contributed by atoms with E-state index in [0.29, 0.717) is 13.1 Å². The van der Waals surface area contributed by atoms with Crippen LogP contribution < -0.4 is 15.4 Å². The van der Waals surface area contributed by atoms with Crippen LogP contribution >= 0.6 is 0 Å². The van der Waals surface area contributed by atoms with E-state index >= 15 is 0 Å². The number of carbonyl (C=O) groups is 2. The molecular formula is C22H29N3O4. The predicted octanol–water partition coefficient (Wildman–Crippen LogP) is 3.27. The molecule has 0 saturated carbocycles. The Bertz CT molecular complexity index is 802. The van der Waals surface area contributed by atoms with Crippen molar-refractivity contribution in [1.29, 1.82) is 0 Å². The molecule has 29 heavy (non-hydrogen) atoms. The van der Waals surface area contributed by atoms with Crippen LogP contribution in [0, 0.1) is 0 Å². The third kappa shape index (κ3) is 7.12. The number of carboxylic acids is 1. The Morgan fingerprint density at radius 3 is 2.14 bits per heavy atom. The van der Waals surface area contributed by atoms with E-state index in [1.165, 1.54) is 12.1 Å². The fraction of sp³-hybridized carbons (Fsp3) is 0.364. The maximum Gasteiger partial charge on any atom is 0.335 e. The molecule has 1 unspecified atom stereocenters. The van der Waals surface area contributed by atoms with E-state index in [1.54, 1.807) is 12.1 Å². The number of aromatic carboxylic acids is 1. The number of benzene rings is 2. The topological polar surface area (TPSA) is 90.9 Å². The number of carboxylic acid groups (broad SMARTS) is 1. The van der Waals surface area contributed by atoms with Crippen LogP contribution in [0.25, 0.3) is 0 Å². The van der Waals surface area contributed by atoms with Crippen LogP contribution in [0.1, 0.15) is 41.4 Å². The first-order valence-corrected chi connectivity index (χ1v) is 9.53. The number of rotatable bonds is 9. The lowest BCUT2D eigenvalue weighted by atomic mass is 10.1. The molecule has 0 aliphatic rings. The highest BCUT2D eigenvalue weighted by Gasteiger charge is 2.15. The third-order valence-electron chi connectivity index (χ3n) is 4.37. The second kappa shape index (κ2) is 10.5. The van der Waals surface area contributed by atoms with Gasteiger partial charge in [0.2, 0.25) is 0 Å². The summed E-state index contributed by atoms with van der Waals surface area (Å²) in [5, 5.41) is 14.6. The van der Waals surface area contributed by atoms with Gasteiger partial charge in [-0.1, -0.05) is 24.3 Å². The summed E-state index contributed by atoms with van der Waals surface area (Å²) in [6.07, 6.45) is 0.121. The fourth-order valence-corrected chi connectivity index (χ4v) is 2.84. The molecule has 0 radical (unpaired) electrons. The Morgan fingerprint density at radius 1 is 1.00 bits per heavy atom. The van der Waals surface area contributed by atoms with E-state index in [0.717, 1.165) is 16.9 Å². The van der Waals surface area contributed by atoms with Gasteiger partial charge in [0.05, 0.1) is 17.7 Å². The van der Waals surface area contributed by atoms with E-state index < -0.39 is 5.97 Å². The molecule has 0 aliphatic carbocycles. The van der Waals surface area contributed by atoms with Crippen LogP contribution in [-0.2, 0) is 6.54 Å². The van der Waals surface area contributed by atoms with Crippen LogP contribution in [0.15, 0.2) is 48.5 Å². The summed E-state index contributed by atoms with van der Waals surface area (Å²) in [5.41, 5.74) is 2.13. The van der Waals surface area contributed by atoms with E-state index in [-0.39, 0.29) is 23.7 Å². The van der Waals surface area contributed by atoms with Crippen molar-refractivity contribution < 1.29 is 19.4 Å². The second-order valence-corrected chi connectivity index (χ2v) is 7.28. The van der Waals surface area contributed by atoms with Crippen molar-refractivity contribution in [3.8, 4) is 5.75 Å². The number of ether oxygens (including phenoxy) is 1. The van der Waals surface area contributed by atoms with Gasteiger partial charge in [0, 0.05) is 13.1 Å². The zero-order chi connectivity index (χ0) is 21.4. The van der Waals surface area contributed by atoms with Gasteiger partial charge in [0.15, 0.2) is 0 Å². The van der Waals surface area contributed by atoms with E-state index in [4.69, 9.17) is 9.84 Å². The van der Waals surface area contributed by atoms with E-state index in [1.807, 2.05) is 57.1 Å². The van der Waals surface area contributed by atoms with Crippen molar-refractivity contribution in [2.45, 2.75) is 32.5 Å². The zero-order valence-electron chi connectivity index (χ0n) is 17.3. The van der Waals surface area contributed by atoms with Gasteiger partial charge in [-0.25, -0.2) is 9.59 Å². The lowest BCUT2D eigenvalue weighted by Gasteiger charge is -2.25. The summed E-state index contributed by atoms with van der Waals surface area (Å²) in [5.74, 6) is -0.151. The Morgan fingerprint density at radius 2 is 1.62 bits per heavy atom. The van der Waals surface area contributed by atoms with Crippen LogP contribution in [-0.4, -0.2) is 48.8 Å². The van der Waals surface area contributed by atoms with Crippen molar-refractivity contribution in [2.75, 3.05) is 20.6 Å². The van der Waals surface area contributed by atoms with Crippen molar-refractivity contribution in [3.63, 3.8) is 0 Å². The van der Waals surface area contributed by atoms with Gasteiger partial charge >= 0.3 is 12.0 Å². The highest BCUT2D eigenvalue weighted by molar-refractivity contribution is 5.87. The predicted molar refractivity (Wildman–Crippen MR) is 112 cm³/mol. The average Bonchev–Trinajstić information content (AvgIpc) is 2.67. The van der Waals surface area contributed by atoms with Crippen LogP contribution in [0.3, 0.4) is 0 Å². The largest absolute Gasteiger partial charge is 0.491 e. The zero-order valence-corrected chi connectivity index (χ0v) is 17.3. The molecule has 2 aromatic rings. The summed E-state index contributed by atoms with van der Waals surface area (Å²) in [7, 11) is 3.93. The molecule has 7 nitrogen and oxygen atoms in total. The molecule has 1 atom stereocenters. The normalized spacial score (nSPS) is 11.9. The van der Waals surface area contributed by atoms with Gasteiger partial charge in [-0.3, -0.25) is 0 Å². The molecule has 2 rings (SSSR count). The SMILES string of the molecule is CC(C)Oc1ccc(C(CNC(=O)NCc2ccc(C(=O)O)cc2)N(C)C)cc1. The first kappa shape index (κ1) is 22.2. The van der Waals surface area contributed by atoms with Crippen molar-refractivity contribution in [3.05, 3.63) is 65.2 Å². The van der Waals surface area contributed by atoms with Gasteiger partial charge in [-0.2, -0.15) is 0 Å². The van der Waals surface area contributed by atoms with Gasteiger partial charge in [-0.05, 0) is 63.3 Å². The number of hydrogen-bond donors (Lipinski definition) is 3. The quantitative estimate of drug-likeness (QED) is 0.602. The Balaban J connectivity index is 1.87.